The van der Waals surface area contributed by atoms with Crippen LogP contribution >= 0.6 is 23.2 Å². The lowest BCUT2D eigenvalue weighted by molar-refractivity contribution is -0.122. The Morgan fingerprint density at radius 3 is 2.26 bits per heavy atom. The molecule has 0 saturated carbocycles. The standard InChI is InChI=1S/C13H14Cl2N2O2/c1-7-5-17(6-11(7)12(16)18)13(19)8-2-9(14)4-10(15)3-8/h2-4,7,11H,5-6H2,1H3,(H2,16,18)/t7-,11-/m1/s1. The zero-order chi connectivity index (χ0) is 14.2. The van der Waals surface area contributed by atoms with Gasteiger partial charge in [-0.25, -0.2) is 0 Å². The molecule has 6 heteroatoms. The molecule has 1 aromatic carbocycles. The average molecular weight is 301 g/mol. The molecule has 1 aromatic rings. The number of amides is 2. The highest BCUT2D eigenvalue weighted by Crippen LogP contribution is 2.26. The first-order valence-corrected chi connectivity index (χ1v) is 6.68. The zero-order valence-corrected chi connectivity index (χ0v) is 11.9. The lowest BCUT2D eigenvalue weighted by Gasteiger charge is -2.16. The smallest absolute Gasteiger partial charge is 0.253 e. The van der Waals surface area contributed by atoms with Crippen LogP contribution in [0.25, 0.3) is 0 Å². The number of benzene rings is 1. The largest absolute Gasteiger partial charge is 0.369 e. The summed E-state index contributed by atoms with van der Waals surface area (Å²) in [4.78, 5) is 25.2. The van der Waals surface area contributed by atoms with E-state index in [1.54, 1.807) is 23.1 Å². The number of hydrogen-bond acceptors (Lipinski definition) is 2. The van der Waals surface area contributed by atoms with Crippen molar-refractivity contribution in [3.05, 3.63) is 33.8 Å². The first-order valence-electron chi connectivity index (χ1n) is 5.93. The van der Waals surface area contributed by atoms with Gasteiger partial charge in [-0.2, -0.15) is 0 Å². The van der Waals surface area contributed by atoms with Crippen LogP contribution < -0.4 is 5.73 Å². The van der Waals surface area contributed by atoms with Gasteiger partial charge in [-0.05, 0) is 24.1 Å². The fraction of sp³-hybridized carbons (Fsp3) is 0.385. The lowest BCUT2D eigenvalue weighted by atomic mass is 9.98. The summed E-state index contributed by atoms with van der Waals surface area (Å²) in [5.41, 5.74) is 5.74. The van der Waals surface area contributed by atoms with Crippen molar-refractivity contribution in [1.82, 2.24) is 4.90 Å². The van der Waals surface area contributed by atoms with Crippen LogP contribution in [0.2, 0.25) is 10.0 Å². The lowest BCUT2D eigenvalue weighted by Crippen LogP contribution is -2.32. The Morgan fingerprint density at radius 2 is 1.79 bits per heavy atom. The molecule has 19 heavy (non-hydrogen) atoms. The second-order valence-electron chi connectivity index (χ2n) is 4.85. The molecule has 0 aliphatic carbocycles. The molecule has 102 valence electrons. The molecule has 0 unspecified atom stereocenters. The third-order valence-electron chi connectivity index (χ3n) is 3.37. The van der Waals surface area contributed by atoms with E-state index in [4.69, 9.17) is 28.9 Å². The first-order chi connectivity index (χ1) is 8.88. The molecule has 0 radical (unpaired) electrons. The summed E-state index contributed by atoms with van der Waals surface area (Å²) >= 11 is 11.8. The minimum absolute atomic E-state index is 0.0658. The Labute approximate surface area is 121 Å². The summed E-state index contributed by atoms with van der Waals surface area (Å²) in [5.74, 6) is -0.776. The molecule has 1 fully saturated rings. The second kappa shape index (κ2) is 5.39. The maximum atomic E-state index is 12.3. The summed E-state index contributed by atoms with van der Waals surface area (Å²) in [5, 5.41) is 0.823. The third-order valence-corrected chi connectivity index (χ3v) is 3.81. The number of rotatable bonds is 2. The summed E-state index contributed by atoms with van der Waals surface area (Å²) in [6, 6.07) is 4.70. The highest BCUT2D eigenvalue weighted by molar-refractivity contribution is 6.35. The second-order valence-corrected chi connectivity index (χ2v) is 5.73. The van der Waals surface area contributed by atoms with Crippen molar-refractivity contribution < 1.29 is 9.59 Å². The Kier molecular flexibility index (Phi) is 4.02. The van der Waals surface area contributed by atoms with E-state index in [1.165, 1.54) is 0 Å². The minimum Gasteiger partial charge on any atom is -0.369 e. The molecule has 1 saturated heterocycles. The fourth-order valence-electron chi connectivity index (χ4n) is 2.36. The number of carbonyl (C=O) groups is 2. The third kappa shape index (κ3) is 3.01. The van der Waals surface area contributed by atoms with Crippen molar-refractivity contribution in [1.29, 1.82) is 0 Å². The number of primary amides is 1. The van der Waals surface area contributed by atoms with Crippen molar-refractivity contribution in [3.8, 4) is 0 Å². The molecule has 2 rings (SSSR count). The van der Waals surface area contributed by atoms with Gasteiger partial charge in [0.2, 0.25) is 5.91 Å². The maximum Gasteiger partial charge on any atom is 0.253 e. The van der Waals surface area contributed by atoms with Crippen LogP contribution in [-0.4, -0.2) is 29.8 Å². The zero-order valence-electron chi connectivity index (χ0n) is 10.4. The highest BCUT2D eigenvalue weighted by atomic mass is 35.5. The van der Waals surface area contributed by atoms with E-state index in [0.29, 0.717) is 28.7 Å². The van der Waals surface area contributed by atoms with E-state index >= 15 is 0 Å². The minimum atomic E-state index is -0.369. The fourth-order valence-corrected chi connectivity index (χ4v) is 2.89. The number of nitrogens with two attached hydrogens (primary N) is 1. The number of nitrogens with zero attached hydrogens (tertiary/aromatic N) is 1. The van der Waals surface area contributed by atoms with E-state index in [0.717, 1.165) is 0 Å². The van der Waals surface area contributed by atoms with Crippen LogP contribution in [0.1, 0.15) is 17.3 Å². The molecule has 1 aliphatic heterocycles. The van der Waals surface area contributed by atoms with Gasteiger partial charge in [0.05, 0.1) is 5.92 Å². The molecule has 4 nitrogen and oxygen atoms in total. The average Bonchev–Trinajstić information content (AvgIpc) is 2.69. The van der Waals surface area contributed by atoms with Crippen LogP contribution in [0, 0.1) is 11.8 Å². The molecule has 2 N–H and O–H groups in total. The molecule has 0 aromatic heterocycles. The van der Waals surface area contributed by atoms with E-state index in [1.807, 2.05) is 6.92 Å². The van der Waals surface area contributed by atoms with Crippen LogP contribution in [-0.2, 0) is 4.79 Å². The van der Waals surface area contributed by atoms with Crippen molar-refractivity contribution in [2.24, 2.45) is 17.6 Å². The van der Waals surface area contributed by atoms with Gasteiger partial charge in [0.1, 0.15) is 0 Å². The first kappa shape index (κ1) is 14.2. The van der Waals surface area contributed by atoms with Gasteiger partial charge in [-0.15, -0.1) is 0 Å². The Balaban J connectivity index is 2.19. The normalized spacial score (nSPS) is 22.6. The predicted octanol–water partition coefficient (Wildman–Crippen LogP) is 2.19. The van der Waals surface area contributed by atoms with Crippen LogP contribution in [0.15, 0.2) is 18.2 Å². The van der Waals surface area contributed by atoms with Gasteiger partial charge in [-0.1, -0.05) is 30.1 Å². The predicted molar refractivity (Wildman–Crippen MR) is 74.2 cm³/mol. The van der Waals surface area contributed by atoms with Crippen molar-refractivity contribution >= 4 is 35.0 Å². The quantitative estimate of drug-likeness (QED) is 0.910. The Bertz CT molecular complexity index is 513. The van der Waals surface area contributed by atoms with Gasteiger partial charge in [0.15, 0.2) is 0 Å². The van der Waals surface area contributed by atoms with Crippen LogP contribution in [0.5, 0.6) is 0 Å². The summed E-state index contributed by atoms with van der Waals surface area (Å²) in [6.07, 6.45) is 0. The molecule has 2 atom stereocenters. The molecular formula is C13H14Cl2N2O2. The monoisotopic (exact) mass is 300 g/mol. The Morgan fingerprint density at radius 1 is 1.21 bits per heavy atom. The molecule has 2 amide bonds. The van der Waals surface area contributed by atoms with E-state index in [-0.39, 0.29) is 23.7 Å². The molecular weight excluding hydrogens is 287 g/mol. The maximum absolute atomic E-state index is 12.3. The topological polar surface area (TPSA) is 63.4 Å². The van der Waals surface area contributed by atoms with Crippen molar-refractivity contribution in [2.45, 2.75) is 6.92 Å². The Hall–Kier alpha value is -1.26. The molecule has 1 aliphatic rings. The summed E-state index contributed by atoms with van der Waals surface area (Å²) in [7, 11) is 0. The van der Waals surface area contributed by atoms with E-state index in [2.05, 4.69) is 0 Å². The number of likely N-dealkylation sites (tertiary alicyclic amines) is 1. The van der Waals surface area contributed by atoms with Gasteiger partial charge in [0, 0.05) is 28.7 Å². The molecule has 0 bridgehead atoms. The van der Waals surface area contributed by atoms with Crippen molar-refractivity contribution in [3.63, 3.8) is 0 Å². The van der Waals surface area contributed by atoms with Gasteiger partial charge in [-0.3, -0.25) is 9.59 Å². The summed E-state index contributed by atoms with van der Waals surface area (Å²) < 4.78 is 0. The van der Waals surface area contributed by atoms with Crippen LogP contribution in [0.3, 0.4) is 0 Å². The number of carbonyl (C=O) groups excluding carboxylic acids is 2. The van der Waals surface area contributed by atoms with Gasteiger partial charge < -0.3 is 10.6 Å². The number of halogens is 2. The highest BCUT2D eigenvalue weighted by Gasteiger charge is 2.36. The van der Waals surface area contributed by atoms with E-state index in [9.17, 15) is 9.59 Å². The van der Waals surface area contributed by atoms with Gasteiger partial charge >= 0.3 is 0 Å². The SMILES string of the molecule is C[C@@H]1CN(C(=O)c2cc(Cl)cc(Cl)c2)C[C@H]1C(N)=O. The summed E-state index contributed by atoms with van der Waals surface area (Å²) in [6.45, 7) is 2.77. The van der Waals surface area contributed by atoms with E-state index < -0.39 is 0 Å². The number of hydrogen-bond donors (Lipinski definition) is 1. The van der Waals surface area contributed by atoms with Crippen LogP contribution in [0.4, 0.5) is 0 Å². The molecule has 0 spiro atoms. The molecule has 1 heterocycles. The van der Waals surface area contributed by atoms with Crippen molar-refractivity contribution in [2.75, 3.05) is 13.1 Å². The van der Waals surface area contributed by atoms with Gasteiger partial charge in [0.25, 0.3) is 5.91 Å².